The number of aliphatic carboxylic acids is 1. The van der Waals surface area contributed by atoms with Crippen LogP contribution in [0.1, 0.15) is 12.8 Å². The van der Waals surface area contributed by atoms with E-state index in [4.69, 9.17) is 9.84 Å². The fourth-order valence-corrected chi connectivity index (χ4v) is 2.36. The molecule has 0 aromatic heterocycles. The van der Waals surface area contributed by atoms with E-state index in [2.05, 4.69) is 15.4 Å². The number of carbonyl (C=O) groups is 4. The van der Waals surface area contributed by atoms with Crippen molar-refractivity contribution in [2.24, 2.45) is 0 Å². The molecule has 0 aromatic carbocycles. The third-order valence-corrected chi connectivity index (χ3v) is 3.77. The molecule has 0 unspecified atom stereocenters. The van der Waals surface area contributed by atoms with Crippen LogP contribution in [0, 0.1) is 0 Å². The van der Waals surface area contributed by atoms with Gasteiger partial charge in [0.2, 0.25) is 0 Å². The van der Waals surface area contributed by atoms with Gasteiger partial charge in [0, 0.05) is 24.6 Å². The first-order valence-electron chi connectivity index (χ1n) is 8.03. The van der Waals surface area contributed by atoms with E-state index in [1.165, 1.54) is 0 Å². The Morgan fingerprint density at radius 2 is 1.68 bits per heavy atom. The van der Waals surface area contributed by atoms with Gasteiger partial charge in [-0.2, -0.15) is 11.8 Å². The van der Waals surface area contributed by atoms with E-state index >= 15 is 0 Å². The van der Waals surface area contributed by atoms with E-state index in [0.717, 1.165) is 31.8 Å². The Morgan fingerprint density at radius 3 is 2.36 bits per heavy atom. The predicted molar refractivity (Wildman–Crippen MR) is 92.8 cm³/mol. The van der Waals surface area contributed by atoms with Crippen molar-refractivity contribution in [3.05, 3.63) is 0 Å². The van der Waals surface area contributed by atoms with Gasteiger partial charge in [0.15, 0.2) is 6.29 Å². The summed E-state index contributed by atoms with van der Waals surface area (Å²) in [7, 11) is 0. The predicted octanol–water partition coefficient (Wildman–Crippen LogP) is -0.909. The summed E-state index contributed by atoms with van der Waals surface area (Å²) in [6, 6.07) is 0. The maximum Gasteiger partial charge on any atom is 0.382 e. The molecule has 0 radical (unpaired) electrons. The van der Waals surface area contributed by atoms with Crippen molar-refractivity contribution in [2.75, 3.05) is 57.5 Å². The first-order valence-corrected chi connectivity index (χ1v) is 9.18. The van der Waals surface area contributed by atoms with Gasteiger partial charge in [-0.05, 0) is 19.5 Å². The smallest absolute Gasteiger partial charge is 0.382 e. The highest BCUT2D eigenvalue weighted by atomic mass is 32.2. The number of hydrogen-bond acceptors (Lipinski definition) is 9. The Kier molecular flexibility index (Phi) is 16.3. The lowest BCUT2D eigenvalue weighted by Gasteiger charge is -2.07. The number of hydrogen-bond donors (Lipinski definition) is 3. The molecule has 0 aliphatic carbocycles. The van der Waals surface area contributed by atoms with Crippen LogP contribution in [-0.4, -0.2) is 86.6 Å². The lowest BCUT2D eigenvalue weighted by Crippen LogP contribution is -2.26. The molecule has 0 spiro atoms. The Bertz CT molecular complexity index is 407. The minimum absolute atomic E-state index is 0.0627. The van der Waals surface area contributed by atoms with Crippen molar-refractivity contribution in [2.45, 2.75) is 12.8 Å². The molecule has 0 aliphatic rings. The van der Waals surface area contributed by atoms with Crippen LogP contribution in [0.4, 0.5) is 0 Å². The first-order chi connectivity index (χ1) is 12.1. The zero-order valence-electron chi connectivity index (χ0n) is 14.2. The lowest BCUT2D eigenvalue weighted by molar-refractivity contribution is -0.155. The number of thioether (sulfide) groups is 1. The number of ether oxygens (including phenoxy) is 2. The summed E-state index contributed by atoms with van der Waals surface area (Å²) in [6.45, 7) is 3.80. The molecule has 0 amide bonds. The van der Waals surface area contributed by atoms with E-state index in [1.807, 2.05) is 0 Å². The highest BCUT2D eigenvalue weighted by Gasteiger charge is 2.12. The van der Waals surface area contributed by atoms with Crippen molar-refractivity contribution in [3.63, 3.8) is 0 Å². The quantitative estimate of drug-likeness (QED) is 0.0905. The first kappa shape index (κ1) is 23.5. The van der Waals surface area contributed by atoms with Gasteiger partial charge in [0.25, 0.3) is 0 Å². The van der Waals surface area contributed by atoms with Crippen molar-refractivity contribution in [1.29, 1.82) is 0 Å². The van der Waals surface area contributed by atoms with E-state index < -0.39 is 17.7 Å². The fourth-order valence-electron chi connectivity index (χ4n) is 1.55. The molecule has 0 saturated heterocycles. The normalized spacial score (nSPS) is 10.4. The lowest BCUT2D eigenvalue weighted by atomic mass is 10.4. The van der Waals surface area contributed by atoms with Crippen LogP contribution >= 0.6 is 11.8 Å². The molecule has 0 aliphatic heterocycles. The van der Waals surface area contributed by atoms with E-state index in [9.17, 15) is 19.2 Å². The number of esters is 1. The monoisotopic (exact) mass is 378 g/mol. The molecule has 0 saturated carbocycles. The number of aldehydes is 1. The number of Topliss-reactive ketones (excluding diaryl/α,β-unsaturated/α-hetero) is 1. The van der Waals surface area contributed by atoms with Gasteiger partial charge in [-0.25, -0.2) is 4.79 Å². The fraction of sp³-hybridized carbons (Fsp3) is 0.733. The Labute approximate surface area is 151 Å². The maximum atomic E-state index is 10.8. The molecule has 0 atom stereocenters. The number of rotatable bonds is 18. The van der Waals surface area contributed by atoms with Gasteiger partial charge in [-0.3, -0.25) is 14.4 Å². The Balaban J connectivity index is 3.14. The van der Waals surface area contributed by atoms with Gasteiger partial charge >= 0.3 is 17.7 Å². The Hall–Kier alpha value is -1.49. The van der Waals surface area contributed by atoms with Crippen LogP contribution in [0.5, 0.6) is 0 Å². The molecular weight excluding hydrogens is 352 g/mol. The average Bonchev–Trinajstić information content (AvgIpc) is 2.60. The third kappa shape index (κ3) is 17.1. The molecule has 9 nitrogen and oxygen atoms in total. The van der Waals surface area contributed by atoms with E-state index in [0.29, 0.717) is 18.9 Å². The zero-order valence-corrected chi connectivity index (χ0v) is 15.0. The van der Waals surface area contributed by atoms with Crippen LogP contribution in [-0.2, 0) is 28.7 Å². The standard InChI is InChI=1S/C15H26N2O7S/c18-12-13(19)15(22)24-9-8-23-7-5-16-3-1-4-17-6-11-25-10-2-14(20)21/h12,16-17H,1-11H2,(H,20,21). The number of carboxylic acids is 1. The van der Waals surface area contributed by atoms with Gasteiger partial charge in [-0.1, -0.05) is 0 Å². The van der Waals surface area contributed by atoms with Crippen LogP contribution < -0.4 is 10.6 Å². The highest BCUT2D eigenvalue weighted by Crippen LogP contribution is 2.00. The summed E-state index contributed by atoms with van der Waals surface area (Å²) >= 11 is 1.62. The molecule has 10 heteroatoms. The minimum Gasteiger partial charge on any atom is -0.481 e. The molecule has 0 aromatic rings. The van der Waals surface area contributed by atoms with Crippen molar-refractivity contribution in [1.82, 2.24) is 10.6 Å². The minimum atomic E-state index is -1.20. The van der Waals surface area contributed by atoms with Crippen molar-refractivity contribution in [3.8, 4) is 0 Å². The Morgan fingerprint density at radius 1 is 0.960 bits per heavy atom. The molecule has 0 rings (SSSR count). The summed E-state index contributed by atoms with van der Waals surface area (Å²) in [5, 5.41) is 14.9. The summed E-state index contributed by atoms with van der Waals surface area (Å²) < 4.78 is 9.71. The maximum absolute atomic E-state index is 10.8. The van der Waals surface area contributed by atoms with Gasteiger partial charge in [0.05, 0.1) is 19.6 Å². The molecule has 144 valence electrons. The summed E-state index contributed by atoms with van der Waals surface area (Å²) in [6.07, 6.45) is 1.08. The molecular formula is C15H26N2O7S. The molecule has 0 heterocycles. The van der Waals surface area contributed by atoms with E-state index in [1.54, 1.807) is 11.8 Å². The van der Waals surface area contributed by atoms with E-state index in [-0.39, 0.29) is 25.9 Å². The molecule has 0 bridgehead atoms. The summed E-state index contributed by atoms with van der Waals surface area (Å²) in [4.78, 5) is 41.7. The van der Waals surface area contributed by atoms with Crippen LogP contribution in [0.3, 0.4) is 0 Å². The average molecular weight is 378 g/mol. The molecule has 25 heavy (non-hydrogen) atoms. The summed E-state index contributed by atoms with van der Waals surface area (Å²) in [5.41, 5.74) is 0. The van der Waals surface area contributed by atoms with Gasteiger partial charge in [-0.15, -0.1) is 0 Å². The second-order valence-electron chi connectivity index (χ2n) is 4.84. The van der Waals surface area contributed by atoms with Crippen molar-refractivity contribution < 1.29 is 33.8 Å². The number of carbonyl (C=O) groups excluding carboxylic acids is 3. The topological polar surface area (TPSA) is 131 Å². The van der Waals surface area contributed by atoms with Crippen molar-refractivity contribution >= 4 is 35.8 Å². The molecule has 3 N–H and O–H groups in total. The third-order valence-electron chi connectivity index (χ3n) is 2.78. The molecule has 0 fully saturated rings. The number of ketones is 1. The SMILES string of the molecule is O=CC(=O)C(=O)OCCOCCNCCCNCCSCCC(=O)O. The van der Waals surface area contributed by atoms with Crippen LogP contribution in [0.15, 0.2) is 0 Å². The largest absolute Gasteiger partial charge is 0.481 e. The zero-order chi connectivity index (χ0) is 18.8. The second kappa shape index (κ2) is 17.3. The summed E-state index contributed by atoms with van der Waals surface area (Å²) in [5.74, 6) is -1.58. The van der Waals surface area contributed by atoms with Crippen LogP contribution in [0.2, 0.25) is 0 Å². The number of nitrogens with one attached hydrogen (secondary N) is 2. The second-order valence-corrected chi connectivity index (χ2v) is 6.06. The highest BCUT2D eigenvalue weighted by molar-refractivity contribution is 7.99. The van der Waals surface area contributed by atoms with Gasteiger partial charge < -0.3 is 25.2 Å². The van der Waals surface area contributed by atoms with Gasteiger partial charge in [0.1, 0.15) is 6.61 Å². The van der Waals surface area contributed by atoms with Crippen LogP contribution in [0.25, 0.3) is 0 Å². The number of carboxylic acid groups (broad SMARTS) is 1.